The highest BCUT2D eigenvalue weighted by Crippen LogP contribution is 2.06. The second-order valence-electron chi connectivity index (χ2n) is 5.97. The Balaban J connectivity index is 2.33. The smallest absolute Gasteiger partial charge is 0.407 e. The summed E-state index contributed by atoms with van der Waals surface area (Å²) in [4.78, 5) is 14.7. The Morgan fingerprint density at radius 2 is 2.20 bits per heavy atom. The monoisotopic (exact) mass is 281 g/mol. The van der Waals surface area contributed by atoms with Gasteiger partial charge in [-0.3, -0.25) is 0 Å². The largest absolute Gasteiger partial charge is 0.444 e. The van der Waals surface area contributed by atoms with Crippen molar-refractivity contribution in [1.82, 2.24) is 15.6 Å². The first-order valence-electron chi connectivity index (χ1n) is 7.22. The van der Waals surface area contributed by atoms with E-state index in [0.717, 1.165) is 19.4 Å². The Morgan fingerprint density at radius 1 is 1.45 bits per heavy atom. The highest BCUT2D eigenvalue weighted by Gasteiger charge is 2.17. The molecule has 0 radical (unpaired) electrons. The van der Waals surface area contributed by atoms with Gasteiger partial charge in [-0.05, 0) is 38.8 Å². The number of amides is 1. The Kier molecular flexibility index (Phi) is 6.58. The van der Waals surface area contributed by atoms with Gasteiger partial charge in [0.2, 0.25) is 0 Å². The minimum atomic E-state index is -0.455. The van der Waals surface area contributed by atoms with Gasteiger partial charge in [0.1, 0.15) is 5.60 Å². The molecule has 1 aromatic rings. The van der Waals surface area contributed by atoms with E-state index in [1.807, 2.05) is 39.2 Å². The normalized spacial score (nSPS) is 13.0. The van der Waals surface area contributed by atoms with Crippen molar-refractivity contribution in [2.24, 2.45) is 0 Å². The first kappa shape index (κ1) is 16.6. The van der Waals surface area contributed by atoms with Gasteiger partial charge in [-0.15, -0.1) is 0 Å². The van der Waals surface area contributed by atoms with Crippen LogP contribution in [0.25, 0.3) is 0 Å². The molecule has 1 rings (SSSR count). The summed E-state index contributed by atoms with van der Waals surface area (Å²) in [5.41, 5.74) is 0.756. The SMILES string of the molecule is CCCC(CNC(=O)OC(C)(C)C)NCc1cc[nH]c1. The number of hydrogen-bond acceptors (Lipinski definition) is 3. The lowest BCUT2D eigenvalue weighted by Gasteiger charge is -2.22. The third-order valence-electron chi connectivity index (χ3n) is 2.79. The molecule has 0 fully saturated rings. The second kappa shape index (κ2) is 7.94. The summed E-state index contributed by atoms with van der Waals surface area (Å²) < 4.78 is 5.23. The van der Waals surface area contributed by atoms with E-state index in [1.165, 1.54) is 5.56 Å². The van der Waals surface area contributed by atoms with E-state index in [2.05, 4.69) is 22.5 Å². The summed E-state index contributed by atoms with van der Waals surface area (Å²) in [6.45, 7) is 9.09. The number of ether oxygens (including phenoxy) is 1. The van der Waals surface area contributed by atoms with E-state index in [0.29, 0.717) is 6.54 Å². The summed E-state index contributed by atoms with van der Waals surface area (Å²) in [5.74, 6) is 0. The molecule has 1 amide bonds. The van der Waals surface area contributed by atoms with E-state index in [-0.39, 0.29) is 12.1 Å². The highest BCUT2D eigenvalue weighted by molar-refractivity contribution is 5.67. The Morgan fingerprint density at radius 3 is 2.75 bits per heavy atom. The Hall–Kier alpha value is -1.49. The summed E-state index contributed by atoms with van der Waals surface area (Å²) in [5, 5.41) is 6.27. The summed E-state index contributed by atoms with van der Waals surface area (Å²) in [6, 6.07) is 2.29. The van der Waals surface area contributed by atoms with Crippen LogP contribution in [-0.2, 0) is 11.3 Å². The van der Waals surface area contributed by atoms with Crippen molar-refractivity contribution in [1.29, 1.82) is 0 Å². The van der Waals surface area contributed by atoms with Gasteiger partial charge in [0.25, 0.3) is 0 Å². The number of H-pyrrole nitrogens is 1. The predicted octanol–water partition coefficient (Wildman–Crippen LogP) is 2.80. The van der Waals surface area contributed by atoms with Crippen molar-refractivity contribution in [3.8, 4) is 0 Å². The first-order valence-corrected chi connectivity index (χ1v) is 7.22. The number of hydrogen-bond donors (Lipinski definition) is 3. The maximum absolute atomic E-state index is 11.6. The van der Waals surface area contributed by atoms with Crippen LogP contribution in [-0.4, -0.2) is 29.3 Å². The molecule has 0 aliphatic carbocycles. The van der Waals surface area contributed by atoms with E-state index >= 15 is 0 Å². The van der Waals surface area contributed by atoms with Gasteiger partial charge in [-0.25, -0.2) is 4.79 Å². The molecule has 0 saturated carbocycles. The zero-order chi connectivity index (χ0) is 15.0. The quantitative estimate of drug-likeness (QED) is 0.720. The number of carbonyl (C=O) groups is 1. The number of aromatic nitrogens is 1. The van der Waals surface area contributed by atoms with Gasteiger partial charge < -0.3 is 20.4 Å². The van der Waals surface area contributed by atoms with Crippen molar-refractivity contribution in [2.75, 3.05) is 6.54 Å². The number of nitrogens with one attached hydrogen (secondary N) is 3. The molecule has 0 saturated heterocycles. The maximum atomic E-state index is 11.6. The topological polar surface area (TPSA) is 66.2 Å². The lowest BCUT2D eigenvalue weighted by atomic mass is 10.1. The van der Waals surface area contributed by atoms with Gasteiger partial charge in [0.05, 0.1) is 0 Å². The van der Waals surface area contributed by atoms with Gasteiger partial charge in [-0.1, -0.05) is 13.3 Å². The molecule has 1 heterocycles. The van der Waals surface area contributed by atoms with Crippen LogP contribution in [0.15, 0.2) is 18.5 Å². The molecule has 20 heavy (non-hydrogen) atoms. The fourth-order valence-electron chi connectivity index (χ4n) is 1.88. The molecule has 3 N–H and O–H groups in total. The fraction of sp³-hybridized carbons (Fsp3) is 0.667. The standard InChI is InChI=1S/C15H27N3O2/c1-5-6-13(17-10-12-7-8-16-9-12)11-18-14(19)20-15(2,3)4/h7-9,13,16-17H,5-6,10-11H2,1-4H3,(H,18,19). The van der Waals surface area contributed by atoms with E-state index in [9.17, 15) is 4.79 Å². The molecule has 1 atom stereocenters. The maximum Gasteiger partial charge on any atom is 0.407 e. The lowest BCUT2D eigenvalue weighted by molar-refractivity contribution is 0.0521. The van der Waals surface area contributed by atoms with Crippen molar-refractivity contribution in [3.05, 3.63) is 24.0 Å². The van der Waals surface area contributed by atoms with Crippen molar-refractivity contribution in [3.63, 3.8) is 0 Å². The van der Waals surface area contributed by atoms with Crippen LogP contribution in [0.3, 0.4) is 0 Å². The minimum absolute atomic E-state index is 0.252. The predicted molar refractivity (Wildman–Crippen MR) is 80.6 cm³/mol. The summed E-state index contributed by atoms with van der Waals surface area (Å²) in [7, 11) is 0. The molecule has 114 valence electrons. The molecule has 0 spiro atoms. The third-order valence-corrected chi connectivity index (χ3v) is 2.79. The minimum Gasteiger partial charge on any atom is -0.444 e. The van der Waals surface area contributed by atoms with E-state index in [4.69, 9.17) is 4.74 Å². The fourth-order valence-corrected chi connectivity index (χ4v) is 1.88. The van der Waals surface area contributed by atoms with Crippen LogP contribution in [0.2, 0.25) is 0 Å². The van der Waals surface area contributed by atoms with Gasteiger partial charge in [0.15, 0.2) is 0 Å². The Labute approximate surface area is 121 Å². The number of alkyl carbamates (subject to hydrolysis) is 1. The lowest BCUT2D eigenvalue weighted by Crippen LogP contribution is -2.42. The molecule has 1 unspecified atom stereocenters. The van der Waals surface area contributed by atoms with Crippen LogP contribution in [0.1, 0.15) is 46.1 Å². The molecule has 1 aromatic heterocycles. The highest BCUT2D eigenvalue weighted by atomic mass is 16.6. The van der Waals surface area contributed by atoms with Crippen molar-refractivity contribution < 1.29 is 9.53 Å². The summed E-state index contributed by atoms with van der Waals surface area (Å²) >= 11 is 0. The van der Waals surface area contributed by atoms with Crippen LogP contribution in [0.4, 0.5) is 4.79 Å². The molecule has 0 bridgehead atoms. The van der Waals surface area contributed by atoms with Crippen LogP contribution in [0, 0.1) is 0 Å². The van der Waals surface area contributed by atoms with Gasteiger partial charge in [0, 0.05) is 31.5 Å². The first-order chi connectivity index (χ1) is 9.40. The van der Waals surface area contributed by atoms with Crippen LogP contribution >= 0.6 is 0 Å². The third kappa shape index (κ3) is 7.19. The Bertz CT molecular complexity index is 382. The van der Waals surface area contributed by atoms with E-state index < -0.39 is 5.60 Å². The molecular formula is C15H27N3O2. The number of carbonyl (C=O) groups excluding carboxylic acids is 1. The van der Waals surface area contributed by atoms with Crippen LogP contribution in [0.5, 0.6) is 0 Å². The molecular weight excluding hydrogens is 254 g/mol. The van der Waals surface area contributed by atoms with Crippen molar-refractivity contribution >= 4 is 6.09 Å². The molecule has 5 nitrogen and oxygen atoms in total. The van der Waals surface area contributed by atoms with Gasteiger partial charge >= 0.3 is 6.09 Å². The van der Waals surface area contributed by atoms with Crippen LogP contribution < -0.4 is 10.6 Å². The molecule has 0 aliphatic rings. The average Bonchev–Trinajstić information content (AvgIpc) is 2.83. The molecule has 0 aromatic carbocycles. The van der Waals surface area contributed by atoms with E-state index in [1.54, 1.807) is 0 Å². The molecule has 0 aliphatic heterocycles. The number of aromatic amines is 1. The number of rotatable bonds is 7. The second-order valence-corrected chi connectivity index (χ2v) is 5.97. The zero-order valence-electron chi connectivity index (χ0n) is 13.0. The van der Waals surface area contributed by atoms with Crippen molar-refractivity contribution in [2.45, 2.75) is 58.7 Å². The molecule has 5 heteroatoms. The average molecular weight is 281 g/mol. The summed E-state index contributed by atoms with van der Waals surface area (Å²) in [6.07, 6.45) is 5.60. The zero-order valence-corrected chi connectivity index (χ0v) is 13.0. The van der Waals surface area contributed by atoms with Gasteiger partial charge in [-0.2, -0.15) is 0 Å².